The summed E-state index contributed by atoms with van der Waals surface area (Å²) in [5, 5.41) is 11.0. The second-order valence-electron chi connectivity index (χ2n) is 3.23. The fourth-order valence-corrected chi connectivity index (χ4v) is 0.817. The van der Waals surface area contributed by atoms with Crippen molar-refractivity contribution in [1.82, 2.24) is 5.32 Å². The molecule has 0 unspecified atom stereocenters. The van der Waals surface area contributed by atoms with Gasteiger partial charge >= 0.3 is 5.97 Å². The zero-order valence-corrected chi connectivity index (χ0v) is 8.74. The van der Waals surface area contributed by atoms with Gasteiger partial charge in [-0.25, -0.2) is 4.79 Å². The van der Waals surface area contributed by atoms with E-state index < -0.39 is 17.9 Å². The molecule has 0 aromatic rings. The van der Waals surface area contributed by atoms with Gasteiger partial charge in [0, 0.05) is 0 Å². The maximum Gasteiger partial charge on any atom is 0.326 e. The van der Waals surface area contributed by atoms with Gasteiger partial charge in [-0.3, -0.25) is 4.79 Å². The van der Waals surface area contributed by atoms with Crippen molar-refractivity contribution in [3.8, 4) is 0 Å². The molecule has 0 fully saturated rings. The van der Waals surface area contributed by atoms with E-state index in [0.29, 0.717) is 6.42 Å². The van der Waals surface area contributed by atoms with Gasteiger partial charge in [-0.05, 0) is 20.3 Å². The predicted molar refractivity (Wildman–Crippen MR) is 50.9 cm³/mol. The van der Waals surface area contributed by atoms with Crippen molar-refractivity contribution >= 4 is 11.9 Å². The molecule has 2 N–H and O–H groups in total. The SMILES string of the molecule is CC[C@@H](NC(=O)COC(C)C)C(=O)O. The summed E-state index contributed by atoms with van der Waals surface area (Å²) in [4.78, 5) is 21.7. The van der Waals surface area contributed by atoms with Gasteiger partial charge in [0.2, 0.25) is 5.91 Å². The highest BCUT2D eigenvalue weighted by molar-refractivity contribution is 5.84. The topological polar surface area (TPSA) is 75.6 Å². The van der Waals surface area contributed by atoms with Gasteiger partial charge in [-0.2, -0.15) is 0 Å². The number of hydrogen-bond acceptors (Lipinski definition) is 3. The molecule has 5 heteroatoms. The van der Waals surface area contributed by atoms with Crippen molar-refractivity contribution in [2.75, 3.05) is 6.61 Å². The Hall–Kier alpha value is -1.10. The molecule has 0 aromatic heterocycles. The quantitative estimate of drug-likeness (QED) is 0.654. The number of aliphatic carboxylic acids is 1. The summed E-state index contributed by atoms with van der Waals surface area (Å²) in [6.45, 7) is 5.22. The molecule has 0 spiro atoms. The normalized spacial score (nSPS) is 12.6. The van der Waals surface area contributed by atoms with Crippen LogP contribution >= 0.6 is 0 Å². The van der Waals surface area contributed by atoms with E-state index in [1.807, 2.05) is 13.8 Å². The lowest BCUT2D eigenvalue weighted by atomic mass is 10.2. The molecule has 0 aliphatic rings. The third-order valence-corrected chi connectivity index (χ3v) is 1.59. The van der Waals surface area contributed by atoms with E-state index >= 15 is 0 Å². The Balaban J connectivity index is 3.85. The molecule has 5 nitrogen and oxygen atoms in total. The Kier molecular flexibility index (Phi) is 5.87. The van der Waals surface area contributed by atoms with Gasteiger partial charge in [0.25, 0.3) is 0 Å². The van der Waals surface area contributed by atoms with Crippen molar-refractivity contribution in [3.05, 3.63) is 0 Å². The average molecular weight is 203 g/mol. The largest absolute Gasteiger partial charge is 0.480 e. The number of carbonyl (C=O) groups is 2. The third-order valence-electron chi connectivity index (χ3n) is 1.59. The number of rotatable bonds is 6. The minimum absolute atomic E-state index is 0.0364. The van der Waals surface area contributed by atoms with Crippen LogP contribution in [0.15, 0.2) is 0 Å². The van der Waals surface area contributed by atoms with Gasteiger partial charge in [0.15, 0.2) is 0 Å². The molecular weight excluding hydrogens is 186 g/mol. The van der Waals surface area contributed by atoms with Crippen LogP contribution in [0.1, 0.15) is 27.2 Å². The third kappa shape index (κ3) is 5.53. The van der Waals surface area contributed by atoms with Gasteiger partial charge < -0.3 is 15.2 Å². The van der Waals surface area contributed by atoms with E-state index in [2.05, 4.69) is 5.32 Å². The number of carboxylic acid groups (broad SMARTS) is 1. The fraction of sp³-hybridized carbons (Fsp3) is 0.778. The van der Waals surface area contributed by atoms with Crippen LogP contribution in [-0.2, 0) is 14.3 Å². The Labute approximate surface area is 83.4 Å². The monoisotopic (exact) mass is 203 g/mol. The van der Waals surface area contributed by atoms with Crippen LogP contribution in [0, 0.1) is 0 Å². The molecule has 0 aliphatic heterocycles. The molecule has 0 radical (unpaired) electrons. The van der Waals surface area contributed by atoms with Gasteiger partial charge in [-0.15, -0.1) is 0 Å². The highest BCUT2D eigenvalue weighted by atomic mass is 16.5. The van der Waals surface area contributed by atoms with E-state index in [0.717, 1.165) is 0 Å². The predicted octanol–water partition coefficient (Wildman–Crippen LogP) is 0.391. The van der Waals surface area contributed by atoms with Crippen molar-refractivity contribution in [2.24, 2.45) is 0 Å². The number of hydrogen-bond donors (Lipinski definition) is 2. The summed E-state index contributed by atoms with van der Waals surface area (Å²) in [6.07, 6.45) is 0.327. The van der Waals surface area contributed by atoms with E-state index in [4.69, 9.17) is 9.84 Å². The van der Waals surface area contributed by atoms with Crippen LogP contribution in [0.4, 0.5) is 0 Å². The molecule has 0 saturated heterocycles. The minimum atomic E-state index is -1.02. The number of carbonyl (C=O) groups excluding carboxylic acids is 1. The second kappa shape index (κ2) is 6.37. The minimum Gasteiger partial charge on any atom is -0.480 e. The van der Waals surface area contributed by atoms with Crippen molar-refractivity contribution in [2.45, 2.75) is 39.3 Å². The van der Waals surface area contributed by atoms with Crippen molar-refractivity contribution in [1.29, 1.82) is 0 Å². The first-order valence-corrected chi connectivity index (χ1v) is 4.61. The second-order valence-corrected chi connectivity index (χ2v) is 3.23. The first-order chi connectivity index (χ1) is 6.47. The first kappa shape index (κ1) is 12.9. The first-order valence-electron chi connectivity index (χ1n) is 4.61. The van der Waals surface area contributed by atoms with Crippen molar-refractivity contribution in [3.63, 3.8) is 0 Å². The molecule has 0 bridgehead atoms. The lowest BCUT2D eigenvalue weighted by Gasteiger charge is -2.13. The van der Waals surface area contributed by atoms with E-state index in [1.54, 1.807) is 6.92 Å². The molecule has 0 aliphatic carbocycles. The number of ether oxygens (including phenoxy) is 1. The zero-order chi connectivity index (χ0) is 11.1. The lowest BCUT2D eigenvalue weighted by molar-refractivity contribution is -0.142. The Morgan fingerprint density at radius 3 is 2.36 bits per heavy atom. The highest BCUT2D eigenvalue weighted by Crippen LogP contribution is 1.92. The average Bonchev–Trinajstić information content (AvgIpc) is 2.10. The highest BCUT2D eigenvalue weighted by Gasteiger charge is 2.17. The summed E-state index contributed by atoms with van der Waals surface area (Å²) in [5.74, 6) is -1.42. The molecule has 1 amide bonds. The maximum atomic E-state index is 11.1. The summed E-state index contributed by atoms with van der Waals surface area (Å²) in [6, 6.07) is -0.821. The summed E-state index contributed by atoms with van der Waals surface area (Å²) in [7, 11) is 0. The van der Waals surface area contributed by atoms with Crippen LogP contribution in [0.2, 0.25) is 0 Å². The molecule has 0 rings (SSSR count). The van der Waals surface area contributed by atoms with Crippen LogP contribution in [0.25, 0.3) is 0 Å². The Morgan fingerprint density at radius 1 is 1.43 bits per heavy atom. The fourth-order valence-electron chi connectivity index (χ4n) is 0.817. The van der Waals surface area contributed by atoms with Gasteiger partial charge in [0.05, 0.1) is 6.10 Å². The Bertz CT molecular complexity index is 203. The maximum absolute atomic E-state index is 11.1. The molecule has 0 heterocycles. The smallest absolute Gasteiger partial charge is 0.326 e. The van der Waals surface area contributed by atoms with Gasteiger partial charge in [0.1, 0.15) is 12.6 Å². The van der Waals surface area contributed by atoms with E-state index in [-0.39, 0.29) is 12.7 Å². The summed E-state index contributed by atoms with van der Waals surface area (Å²) in [5.41, 5.74) is 0. The molecule has 14 heavy (non-hydrogen) atoms. The van der Waals surface area contributed by atoms with Gasteiger partial charge in [-0.1, -0.05) is 6.92 Å². The molecular formula is C9H17NO4. The van der Waals surface area contributed by atoms with Crippen LogP contribution in [0.5, 0.6) is 0 Å². The van der Waals surface area contributed by atoms with Crippen LogP contribution in [0.3, 0.4) is 0 Å². The number of amides is 1. The molecule has 0 aromatic carbocycles. The number of nitrogens with one attached hydrogen (secondary N) is 1. The Morgan fingerprint density at radius 2 is 2.00 bits per heavy atom. The molecule has 0 saturated carbocycles. The standard InChI is InChI=1S/C9H17NO4/c1-4-7(9(12)13)10-8(11)5-14-6(2)3/h6-7H,4-5H2,1-3H3,(H,10,11)(H,12,13)/t7-/m1/s1. The van der Waals surface area contributed by atoms with Crippen molar-refractivity contribution < 1.29 is 19.4 Å². The summed E-state index contributed by atoms with van der Waals surface area (Å²) < 4.78 is 5.02. The van der Waals surface area contributed by atoms with Crippen LogP contribution < -0.4 is 5.32 Å². The van der Waals surface area contributed by atoms with E-state index in [9.17, 15) is 9.59 Å². The molecule has 82 valence electrons. The molecule has 1 atom stereocenters. The van der Waals surface area contributed by atoms with E-state index in [1.165, 1.54) is 0 Å². The summed E-state index contributed by atoms with van der Waals surface area (Å²) >= 11 is 0. The lowest BCUT2D eigenvalue weighted by Crippen LogP contribution is -2.42. The number of carboxylic acids is 1. The van der Waals surface area contributed by atoms with Crippen LogP contribution in [-0.4, -0.2) is 35.7 Å². The zero-order valence-electron chi connectivity index (χ0n) is 8.74.